The Bertz CT molecular complexity index is 795. The molecule has 22 heavy (non-hydrogen) atoms. The Balaban J connectivity index is 1.67. The fourth-order valence-electron chi connectivity index (χ4n) is 2.73. The highest BCUT2D eigenvalue weighted by Crippen LogP contribution is 2.20. The molecular weight excluding hydrogens is 340 g/mol. The van der Waals surface area contributed by atoms with Crippen LogP contribution in [0.4, 0.5) is 0 Å². The molecule has 0 radical (unpaired) electrons. The van der Waals surface area contributed by atoms with Crippen LogP contribution in [0.2, 0.25) is 0 Å². The molecule has 2 heterocycles. The van der Waals surface area contributed by atoms with Crippen molar-refractivity contribution in [2.24, 2.45) is 0 Å². The van der Waals surface area contributed by atoms with Gasteiger partial charge in [0.2, 0.25) is 0 Å². The average Bonchev–Trinajstić information content (AvgIpc) is 2.91. The van der Waals surface area contributed by atoms with Gasteiger partial charge in [0.15, 0.2) is 6.29 Å². The van der Waals surface area contributed by atoms with Crippen molar-refractivity contribution in [2.75, 3.05) is 0 Å². The summed E-state index contributed by atoms with van der Waals surface area (Å²) in [5.74, 6) is 0. The fourth-order valence-corrected chi connectivity index (χ4v) is 3.21. The summed E-state index contributed by atoms with van der Waals surface area (Å²) in [7, 11) is 0. The number of carbonyl (C=O) groups excluding carboxylic acids is 1. The van der Waals surface area contributed by atoms with Gasteiger partial charge in [-0.2, -0.15) is 0 Å². The van der Waals surface area contributed by atoms with Crippen LogP contribution in [0, 0.1) is 0 Å². The highest BCUT2D eigenvalue weighted by molar-refractivity contribution is 9.10. The molecule has 0 aliphatic carbocycles. The molecule has 0 spiro atoms. The van der Waals surface area contributed by atoms with Crippen LogP contribution in [-0.2, 0) is 13.0 Å². The van der Waals surface area contributed by atoms with Gasteiger partial charge in [0.25, 0.3) is 0 Å². The zero-order chi connectivity index (χ0) is 15.4. The van der Waals surface area contributed by atoms with Gasteiger partial charge in [0, 0.05) is 22.6 Å². The molecule has 0 aliphatic rings. The lowest BCUT2D eigenvalue weighted by atomic mass is 10.1. The van der Waals surface area contributed by atoms with Crippen LogP contribution in [0.3, 0.4) is 0 Å². The number of benzene rings is 1. The number of nitrogens with zero attached hydrogens (tertiary/aromatic N) is 2. The minimum Gasteiger partial charge on any atom is -0.323 e. The van der Waals surface area contributed by atoms with E-state index < -0.39 is 0 Å². The van der Waals surface area contributed by atoms with Crippen molar-refractivity contribution in [1.29, 1.82) is 0 Å². The smallest absolute Gasteiger partial charge is 0.166 e. The molecule has 112 valence electrons. The number of unbranched alkanes of at least 4 members (excludes halogenated alkanes) is 1. The minimum atomic E-state index is 0.703. The summed E-state index contributed by atoms with van der Waals surface area (Å²) in [6, 6.07) is 14.1. The average molecular weight is 357 g/mol. The first kappa shape index (κ1) is 15.0. The summed E-state index contributed by atoms with van der Waals surface area (Å²) in [6.45, 7) is 0.818. The van der Waals surface area contributed by atoms with Gasteiger partial charge in [0.05, 0.1) is 5.69 Å². The van der Waals surface area contributed by atoms with Gasteiger partial charge in [-0.25, -0.2) is 4.98 Å². The first-order valence-corrected chi connectivity index (χ1v) is 8.22. The second-order valence-corrected chi connectivity index (χ2v) is 6.16. The Morgan fingerprint density at radius 2 is 2.00 bits per heavy atom. The second kappa shape index (κ2) is 6.88. The first-order valence-electron chi connectivity index (χ1n) is 7.42. The number of carbonyl (C=O) groups is 1. The minimum absolute atomic E-state index is 0.703. The molecule has 1 aromatic carbocycles. The van der Waals surface area contributed by atoms with Crippen molar-refractivity contribution in [3.05, 3.63) is 64.4 Å². The second-order valence-electron chi connectivity index (χ2n) is 5.30. The van der Waals surface area contributed by atoms with Crippen molar-refractivity contribution in [2.45, 2.75) is 25.8 Å². The molecule has 0 unspecified atom stereocenters. The SMILES string of the molecule is O=Cc1cc2cccnc2n1CCCCc1ccccc1Br. The van der Waals surface area contributed by atoms with Crippen molar-refractivity contribution in [3.63, 3.8) is 0 Å². The zero-order valence-corrected chi connectivity index (χ0v) is 13.8. The molecule has 0 N–H and O–H groups in total. The Labute approximate surface area is 138 Å². The third-order valence-corrected chi connectivity index (χ3v) is 4.62. The van der Waals surface area contributed by atoms with Gasteiger partial charge in [-0.1, -0.05) is 34.1 Å². The van der Waals surface area contributed by atoms with Crippen LogP contribution >= 0.6 is 15.9 Å². The van der Waals surface area contributed by atoms with E-state index in [2.05, 4.69) is 39.1 Å². The molecule has 3 aromatic rings. The maximum Gasteiger partial charge on any atom is 0.166 e. The van der Waals surface area contributed by atoms with E-state index in [1.807, 2.05) is 28.8 Å². The van der Waals surface area contributed by atoms with Gasteiger partial charge in [-0.3, -0.25) is 4.79 Å². The molecule has 0 aliphatic heterocycles. The molecule has 3 rings (SSSR count). The highest BCUT2D eigenvalue weighted by atomic mass is 79.9. The van der Waals surface area contributed by atoms with Gasteiger partial charge in [-0.15, -0.1) is 0 Å². The predicted octanol–water partition coefficient (Wildman–Crippen LogP) is 4.63. The van der Waals surface area contributed by atoms with Gasteiger partial charge < -0.3 is 4.57 Å². The molecule has 0 bridgehead atoms. The largest absolute Gasteiger partial charge is 0.323 e. The van der Waals surface area contributed by atoms with Crippen molar-refractivity contribution < 1.29 is 4.79 Å². The van der Waals surface area contributed by atoms with Crippen LogP contribution in [0.25, 0.3) is 11.0 Å². The maximum absolute atomic E-state index is 11.2. The molecule has 0 amide bonds. The summed E-state index contributed by atoms with van der Waals surface area (Å²) >= 11 is 3.58. The van der Waals surface area contributed by atoms with Crippen molar-refractivity contribution >= 4 is 33.2 Å². The van der Waals surface area contributed by atoms with Crippen molar-refractivity contribution in [3.8, 4) is 0 Å². The molecule has 0 fully saturated rings. The van der Waals surface area contributed by atoms with Crippen molar-refractivity contribution in [1.82, 2.24) is 9.55 Å². The van der Waals surface area contributed by atoms with Gasteiger partial charge in [0.1, 0.15) is 5.65 Å². The van der Waals surface area contributed by atoms with Crippen LogP contribution in [0.5, 0.6) is 0 Å². The number of aldehydes is 1. The molecule has 0 atom stereocenters. The Morgan fingerprint density at radius 3 is 2.82 bits per heavy atom. The number of pyridine rings is 1. The first-order chi connectivity index (χ1) is 10.8. The Hall–Kier alpha value is -1.94. The summed E-state index contributed by atoms with van der Waals surface area (Å²) in [5, 5.41) is 1.02. The predicted molar refractivity (Wildman–Crippen MR) is 92.2 cm³/mol. The summed E-state index contributed by atoms with van der Waals surface area (Å²) < 4.78 is 3.18. The highest BCUT2D eigenvalue weighted by Gasteiger charge is 2.08. The lowest BCUT2D eigenvalue weighted by Crippen LogP contribution is -2.03. The van der Waals surface area contributed by atoms with E-state index in [0.29, 0.717) is 5.69 Å². The Kier molecular flexibility index (Phi) is 4.68. The number of hydrogen-bond donors (Lipinski definition) is 0. The fraction of sp³-hybridized carbons (Fsp3) is 0.222. The molecule has 2 aromatic heterocycles. The number of rotatable bonds is 6. The number of hydrogen-bond acceptors (Lipinski definition) is 2. The van der Waals surface area contributed by atoms with E-state index in [-0.39, 0.29) is 0 Å². The van der Waals surface area contributed by atoms with Crippen LogP contribution < -0.4 is 0 Å². The Morgan fingerprint density at radius 1 is 1.14 bits per heavy atom. The molecular formula is C18H17BrN2O. The third kappa shape index (κ3) is 3.12. The lowest BCUT2D eigenvalue weighted by molar-refractivity contribution is 0.111. The normalized spacial score (nSPS) is 11.0. The third-order valence-electron chi connectivity index (χ3n) is 3.84. The molecule has 0 saturated heterocycles. The quantitative estimate of drug-likeness (QED) is 0.476. The topological polar surface area (TPSA) is 34.9 Å². The molecule has 4 heteroatoms. The number of fused-ring (bicyclic) bond motifs is 1. The number of halogens is 1. The molecule has 0 saturated carbocycles. The van der Waals surface area contributed by atoms with E-state index in [1.165, 1.54) is 5.56 Å². The van der Waals surface area contributed by atoms with E-state index in [4.69, 9.17) is 0 Å². The maximum atomic E-state index is 11.2. The van der Waals surface area contributed by atoms with Gasteiger partial charge >= 0.3 is 0 Å². The monoisotopic (exact) mass is 356 g/mol. The summed E-state index contributed by atoms with van der Waals surface area (Å²) in [4.78, 5) is 15.6. The van der Waals surface area contributed by atoms with E-state index in [0.717, 1.165) is 47.6 Å². The number of aryl methyl sites for hydroxylation is 2. The van der Waals surface area contributed by atoms with E-state index in [1.54, 1.807) is 6.20 Å². The standard InChI is InChI=1S/C18H17BrN2O/c19-17-9-2-1-6-14(17)7-3-4-11-21-16(13-22)12-15-8-5-10-20-18(15)21/h1-2,5-6,8-10,12-13H,3-4,7,11H2. The van der Waals surface area contributed by atoms with E-state index in [9.17, 15) is 4.79 Å². The zero-order valence-electron chi connectivity index (χ0n) is 12.2. The van der Waals surface area contributed by atoms with Crippen LogP contribution in [0.15, 0.2) is 53.1 Å². The van der Waals surface area contributed by atoms with Crippen LogP contribution in [-0.4, -0.2) is 15.8 Å². The van der Waals surface area contributed by atoms with E-state index >= 15 is 0 Å². The van der Waals surface area contributed by atoms with Gasteiger partial charge in [-0.05, 0) is 49.1 Å². The number of aromatic nitrogens is 2. The van der Waals surface area contributed by atoms with Crippen LogP contribution in [0.1, 0.15) is 28.9 Å². The summed E-state index contributed by atoms with van der Waals surface area (Å²) in [5.41, 5.74) is 2.92. The molecule has 3 nitrogen and oxygen atoms in total. The summed E-state index contributed by atoms with van der Waals surface area (Å²) in [6.07, 6.45) is 5.81. The lowest BCUT2D eigenvalue weighted by Gasteiger charge is -2.08.